The Balaban J connectivity index is 1.60. The highest BCUT2D eigenvalue weighted by atomic mass is 19.1. The first-order valence-electron chi connectivity index (χ1n) is 11.5. The number of halogens is 2. The van der Waals surface area contributed by atoms with Crippen LogP contribution in [0, 0.1) is 17.6 Å². The Morgan fingerprint density at radius 3 is 1.88 bits per heavy atom. The van der Waals surface area contributed by atoms with Gasteiger partial charge < -0.3 is 0 Å². The first kappa shape index (κ1) is 24.1. The highest BCUT2D eigenvalue weighted by Crippen LogP contribution is 2.30. The van der Waals surface area contributed by atoms with E-state index in [0.717, 1.165) is 50.3 Å². The van der Waals surface area contributed by atoms with Crippen molar-refractivity contribution in [2.24, 2.45) is 5.92 Å². The Labute approximate surface area is 191 Å². The van der Waals surface area contributed by atoms with E-state index in [1.165, 1.54) is 24.3 Å². The van der Waals surface area contributed by atoms with Gasteiger partial charge >= 0.3 is 0 Å². The molecule has 1 saturated heterocycles. The summed E-state index contributed by atoms with van der Waals surface area (Å²) in [5.74, 6) is -0.0681. The Morgan fingerprint density at radius 2 is 1.34 bits per heavy atom. The van der Waals surface area contributed by atoms with Crippen LogP contribution in [0.2, 0.25) is 0 Å². The lowest BCUT2D eigenvalue weighted by Gasteiger charge is -2.39. The molecular formula is C28H34F2N2. The van der Waals surface area contributed by atoms with Crippen LogP contribution in [0.25, 0.3) is 0 Å². The summed E-state index contributed by atoms with van der Waals surface area (Å²) in [4.78, 5) is 4.86. The fraction of sp³-hybridized carbons (Fsp3) is 0.357. The second-order valence-electron chi connectivity index (χ2n) is 8.35. The zero-order valence-corrected chi connectivity index (χ0v) is 19.1. The predicted molar refractivity (Wildman–Crippen MR) is 130 cm³/mol. The lowest BCUT2D eigenvalue weighted by atomic mass is 9.96. The molecule has 0 aromatic heterocycles. The molecule has 1 fully saturated rings. The molecule has 32 heavy (non-hydrogen) atoms. The van der Waals surface area contributed by atoms with Crippen LogP contribution >= 0.6 is 0 Å². The van der Waals surface area contributed by atoms with Gasteiger partial charge in [0.2, 0.25) is 0 Å². The third-order valence-electron chi connectivity index (χ3n) is 5.84. The molecule has 2 aromatic rings. The molecule has 0 saturated carbocycles. The average Bonchev–Trinajstić information content (AvgIpc) is 2.80. The monoisotopic (exact) mass is 436 g/mol. The Morgan fingerprint density at radius 1 is 0.781 bits per heavy atom. The van der Waals surface area contributed by atoms with Crippen molar-refractivity contribution >= 4 is 0 Å². The van der Waals surface area contributed by atoms with E-state index in [2.05, 4.69) is 60.1 Å². The van der Waals surface area contributed by atoms with E-state index >= 15 is 0 Å². The number of benzene rings is 2. The molecule has 1 aliphatic heterocycles. The molecule has 2 nitrogen and oxygen atoms in total. The zero-order chi connectivity index (χ0) is 22.8. The molecule has 1 atom stereocenters. The van der Waals surface area contributed by atoms with Gasteiger partial charge in [-0.25, -0.2) is 8.78 Å². The molecule has 4 heteroatoms. The van der Waals surface area contributed by atoms with Gasteiger partial charge in [-0.2, -0.15) is 0 Å². The van der Waals surface area contributed by atoms with Crippen LogP contribution in [0.5, 0.6) is 0 Å². The van der Waals surface area contributed by atoms with Crippen LogP contribution in [0.15, 0.2) is 85.0 Å². The highest BCUT2D eigenvalue weighted by Gasteiger charge is 2.26. The maximum Gasteiger partial charge on any atom is 0.123 e. The standard InChI is InChI=1S/C28H34F2N2/c1-3-4-5-6-8-23(2)9-7-18-31-19-21-32(22-20-31)28(24-10-14-26(29)15-11-24)25-12-16-27(30)17-13-25/h4-17,23,28H,3,18-22H2,1-2H3/b5-4-,8-6-,9-7+. The largest absolute Gasteiger partial charge is 0.297 e. The van der Waals surface area contributed by atoms with E-state index in [0.29, 0.717) is 5.92 Å². The summed E-state index contributed by atoms with van der Waals surface area (Å²) in [6.45, 7) is 9.01. The number of hydrogen-bond acceptors (Lipinski definition) is 2. The van der Waals surface area contributed by atoms with Crippen molar-refractivity contribution in [3.05, 3.63) is 108 Å². The molecule has 3 rings (SSSR count). The molecule has 0 spiro atoms. The summed E-state index contributed by atoms with van der Waals surface area (Å²) in [5.41, 5.74) is 2.06. The molecule has 1 aliphatic rings. The normalized spacial score (nSPS) is 17.3. The first-order valence-corrected chi connectivity index (χ1v) is 11.5. The SMILES string of the molecule is CC/C=C\C=C/C(C)/C=C/CN1CCN(C(c2ccc(F)cc2)c2ccc(F)cc2)CC1. The third-order valence-corrected chi connectivity index (χ3v) is 5.84. The van der Waals surface area contributed by atoms with Crippen molar-refractivity contribution in [2.45, 2.75) is 26.3 Å². The molecule has 0 N–H and O–H groups in total. The van der Waals surface area contributed by atoms with Gasteiger partial charge in [0.15, 0.2) is 0 Å². The second kappa shape index (κ2) is 12.5. The van der Waals surface area contributed by atoms with E-state index in [-0.39, 0.29) is 17.7 Å². The van der Waals surface area contributed by atoms with Gasteiger partial charge in [-0.15, -0.1) is 0 Å². The lowest BCUT2D eigenvalue weighted by Crippen LogP contribution is -2.47. The van der Waals surface area contributed by atoms with Crippen LogP contribution in [-0.2, 0) is 0 Å². The molecular weight excluding hydrogens is 402 g/mol. The van der Waals surface area contributed by atoms with Crippen molar-refractivity contribution in [1.82, 2.24) is 9.80 Å². The molecule has 1 unspecified atom stereocenters. The van der Waals surface area contributed by atoms with Crippen molar-refractivity contribution in [1.29, 1.82) is 0 Å². The lowest BCUT2D eigenvalue weighted by molar-refractivity contribution is 0.117. The maximum absolute atomic E-state index is 13.5. The van der Waals surface area contributed by atoms with Crippen LogP contribution in [0.1, 0.15) is 37.4 Å². The Bertz CT molecular complexity index is 847. The van der Waals surface area contributed by atoms with Crippen LogP contribution in [0.4, 0.5) is 8.78 Å². The zero-order valence-electron chi connectivity index (χ0n) is 19.1. The van der Waals surface area contributed by atoms with E-state index in [4.69, 9.17) is 0 Å². The van der Waals surface area contributed by atoms with Crippen molar-refractivity contribution in [3.8, 4) is 0 Å². The van der Waals surface area contributed by atoms with Gasteiger partial charge in [-0.1, -0.05) is 74.6 Å². The Hall–Kier alpha value is -2.56. The summed E-state index contributed by atoms with van der Waals surface area (Å²) in [6, 6.07) is 13.3. The van der Waals surface area contributed by atoms with E-state index in [9.17, 15) is 8.78 Å². The fourth-order valence-corrected chi connectivity index (χ4v) is 4.05. The summed E-state index contributed by atoms with van der Waals surface area (Å²) in [6.07, 6.45) is 14.1. The Kier molecular flexibility index (Phi) is 9.39. The number of hydrogen-bond donors (Lipinski definition) is 0. The van der Waals surface area contributed by atoms with E-state index in [1.807, 2.05) is 24.3 Å². The fourth-order valence-electron chi connectivity index (χ4n) is 4.05. The highest BCUT2D eigenvalue weighted by molar-refractivity contribution is 5.32. The van der Waals surface area contributed by atoms with Crippen molar-refractivity contribution < 1.29 is 8.78 Å². The number of nitrogens with zero attached hydrogens (tertiary/aromatic N) is 2. The van der Waals surface area contributed by atoms with Gasteiger partial charge in [0, 0.05) is 32.7 Å². The molecule has 0 aliphatic carbocycles. The van der Waals surface area contributed by atoms with Gasteiger partial charge in [0.25, 0.3) is 0 Å². The number of rotatable bonds is 9. The van der Waals surface area contributed by atoms with E-state index in [1.54, 1.807) is 0 Å². The number of allylic oxidation sites excluding steroid dienone is 5. The molecule has 1 heterocycles. The molecule has 2 aromatic carbocycles. The molecule has 0 amide bonds. The minimum atomic E-state index is -0.242. The topological polar surface area (TPSA) is 6.48 Å². The number of piperazine rings is 1. The minimum absolute atomic E-state index is 0.00442. The molecule has 170 valence electrons. The smallest absolute Gasteiger partial charge is 0.123 e. The molecule has 0 radical (unpaired) electrons. The van der Waals surface area contributed by atoms with Crippen LogP contribution < -0.4 is 0 Å². The van der Waals surface area contributed by atoms with Crippen LogP contribution in [-0.4, -0.2) is 42.5 Å². The van der Waals surface area contributed by atoms with Gasteiger partial charge in [0.1, 0.15) is 11.6 Å². The van der Waals surface area contributed by atoms with Crippen LogP contribution in [0.3, 0.4) is 0 Å². The summed E-state index contributed by atoms with van der Waals surface area (Å²) >= 11 is 0. The summed E-state index contributed by atoms with van der Waals surface area (Å²) < 4.78 is 27.0. The quantitative estimate of drug-likeness (QED) is 0.332. The minimum Gasteiger partial charge on any atom is -0.297 e. The van der Waals surface area contributed by atoms with Gasteiger partial charge in [-0.05, 0) is 47.7 Å². The van der Waals surface area contributed by atoms with Crippen molar-refractivity contribution in [3.63, 3.8) is 0 Å². The predicted octanol–water partition coefficient (Wildman–Crippen LogP) is 6.39. The maximum atomic E-state index is 13.5. The first-order chi connectivity index (χ1) is 15.6. The third kappa shape index (κ3) is 7.25. The van der Waals surface area contributed by atoms with Crippen molar-refractivity contribution in [2.75, 3.05) is 32.7 Å². The summed E-state index contributed by atoms with van der Waals surface area (Å²) in [5, 5.41) is 0. The molecule has 0 bridgehead atoms. The second-order valence-corrected chi connectivity index (χ2v) is 8.35. The van der Waals surface area contributed by atoms with E-state index < -0.39 is 0 Å². The summed E-state index contributed by atoms with van der Waals surface area (Å²) in [7, 11) is 0. The average molecular weight is 437 g/mol. The van der Waals surface area contributed by atoms with Gasteiger partial charge in [0.05, 0.1) is 6.04 Å². The van der Waals surface area contributed by atoms with Gasteiger partial charge in [-0.3, -0.25) is 9.80 Å².